The van der Waals surface area contributed by atoms with Crippen molar-refractivity contribution in [1.82, 2.24) is 15.0 Å². The number of H-pyrrole nitrogens is 2. The highest BCUT2D eigenvalue weighted by atomic mass is 35.5. The summed E-state index contributed by atoms with van der Waals surface area (Å²) < 4.78 is 0. The van der Waals surface area contributed by atoms with Crippen molar-refractivity contribution in [1.29, 1.82) is 0 Å². The number of halogens is 1. The van der Waals surface area contributed by atoms with Crippen LogP contribution in [-0.4, -0.2) is 20.9 Å². The fourth-order valence-corrected chi connectivity index (χ4v) is 1.43. The van der Waals surface area contributed by atoms with Crippen LogP contribution in [0, 0.1) is 6.92 Å². The van der Waals surface area contributed by atoms with Gasteiger partial charge in [-0.2, -0.15) is 0 Å². The number of anilines is 1. The molecule has 2 heterocycles. The summed E-state index contributed by atoms with van der Waals surface area (Å²) in [5.41, 5.74) is 0.960. The summed E-state index contributed by atoms with van der Waals surface area (Å²) in [5.74, 6) is -0.461. The molecule has 0 fully saturated rings. The molecule has 2 aromatic rings. The summed E-state index contributed by atoms with van der Waals surface area (Å²) in [6.07, 6.45) is 2.88. The lowest BCUT2D eigenvalue weighted by molar-refractivity contribution is 0.102. The molecule has 17 heavy (non-hydrogen) atoms. The first kappa shape index (κ1) is 11.4. The van der Waals surface area contributed by atoms with Crippen molar-refractivity contribution in [2.24, 2.45) is 0 Å². The van der Waals surface area contributed by atoms with E-state index in [0.29, 0.717) is 5.69 Å². The fourth-order valence-electron chi connectivity index (χ4n) is 1.28. The number of amides is 1. The highest BCUT2D eigenvalue weighted by Gasteiger charge is 2.10. The molecular formula is C10H9ClN4O2. The van der Waals surface area contributed by atoms with Gasteiger partial charge in [-0.25, -0.2) is 9.78 Å². The lowest BCUT2D eigenvalue weighted by atomic mass is 10.3. The third-order valence-corrected chi connectivity index (χ3v) is 2.37. The quantitative estimate of drug-likeness (QED) is 0.704. The van der Waals surface area contributed by atoms with Crippen molar-refractivity contribution in [2.75, 3.05) is 5.32 Å². The van der Waals surface area contributed by atoms with E-state index in [1.54, 1.807) is 12.3 Å². The maximum atomic E-state index is 11.7. The SMILES string of the molecule is Cc1cnc(Cl)c(NC(=O)c2c[nH]c(=O)[nH]2)c1. The van der Waals surface area contributed by atoms with Crippen LogP contribution in [0.2, 0.25) is 5.15 Å². The van der Waals surface area contributed by atoms with E-state index in [-0.39, 0.29) is 10.8 Å². The molecule has 0 bridgehead atoms. The minimum Gasteiger partial charge on any atom is -0.318 e. The van der Waals surface area contributed by atoms with Crippen LogP contribution in [0.15, 0.2) is 23.3 Å². The third kappa shape index (κ3) is 2.54. The summed E-state index contributed by atoms with van der Waals surface area (Å²) in [6.45, 7) is 1.83. The first-order chi connectivity index (χ1) is 8.06. The molecule has 0 radical (unpaired) electrons. The maximum absolute atomic E-state index is 11.7. The van der Waals surface area contributed by atoms with Gasteiger partial charge in [-0.05, 0) is 18.6 Å². The number of hydrogen-bond acceptors (Lipinski definition) is 3. The Bertz CT molecular complexity index is 617. The first-order valence-electron chi connectivity index (χ1n) is 4.77. The molecule has 0 unspecified atom stereocenters. The summed E-state index contributed by atoms with van der Waals surface area (Å²) >= 11 is 5.83. The number of aryl methyl sites for hydroxylation is 1. The minimum absolute atomic E-state index is 0.132. The fraction of sp³-hybridized carbons (Fsp3) is 0.100. The summed E-state index contributed by atoms with van der Waals surface area (Å²) in [7, 11) is 0. The molecule has 0 aromatic carbocycles. The van der Waals surface area contributed by atoms with Crippen LogP contribution < -0.4 is 11.0 Å². The van der Waals surface area contributed by atoms with Crippen molar-refractivity contribution in [3.05, 3.63) is 45.4 Å². The van der Waals surface area contributed by atoms with Crippen LogP contribution in [0.25, 0.3) is 0 Å². The number of carbonyl (C=O) groups is 1. The molecule has 0 saturated carbocycles. The molecule has 7 heteroatoms. The zero-order valence-corrected chi connectivity index (χ0v) is 9.63. The summed E-state index contributed by atoms with van der Waals surface area (Å²) in [6, 6.07) is 1.69. The van der Waals surface area contributed by atoms with E-state index in [0.717, 1.165) is 5.56 Å². The monoisotopic (exact) mass is 252 g/mol. The molecule has 6 nitrogen and oxygen atoms in total. The highest BCUT2D eigenvalue weighted by molar-refractivity contribution is 6.32. The average molecular weight is 253 g/mol. The Labute approximate surface area is 101 Å². The second kappa shape index (κ2) is 4.42. The maximum Gasteiger partial charge on any atom is 0.323 e. The number of rotatable bonds is 2. The van der Waals surface area contributed by atoms with E-state index in [9.17, 15) is 9.59 Å². The Balaban J connectivity index is 2.24. The van der Waals surface area contributed by atoms with Crippen molar-refractivity contribution < 1.29 is 4.79 Å². The lowest BCUT2D eigenvalue weighted by Crippen LogP contribution is -2.14. The molecular weight excluding hydrogens is 244 g/mol. The second-order valence-electron chi connectivity index (χ2n) is 3.46. The van der Waals surface area contributed by atoms with Gasteiger partial charge in [0.1, 0.15) is 5.69 Å². The smallest absolute Gasteiger partial charge is 0.318 e. The highest BCUT2D eigenvalue weighted by Crippen LogP contribution is 2.20. The normalized spacial score (nSPS) is 10.2. The van der Waals surface area contributed by atoms with Crippen LogP contribution in [0.4, 0.5) is 5.69 Å². The Hall–Kier alpha value is -2.08. The number of aromatic amines is 2. The van der Waals surface area contributed by atoms with Gasteiger partial charge in [0.15, 0.2) is 5.15 Å². The first-order valence-corrected chi connectivity index (χ1v) is 5.15. The molecule has 3 N–H and O–H groups in total. The van der Waals surface area contributed by atoms with Crippen molar-refractivity contribution in [3.8, 4) is 0 Å². The number of carbonyl (C=O) groups excluding carboxylic acids is 1. The molecule has 0 aliphatic heterocycles. The number of nitrogens with one attached hydrogen (secondary N) is 3. The van der Waals surface area contributed by atoms with Crippen LogP contribution in [0.3, 0.4) is 0 Å². The van der Waals surface area contributed by atoms with Crippen molar-refractivity contribution in [3.63, 3.8) is 0 Å². The molecule has 0 aliphatic rings. The lowest BCUT2D eigenvalue weighted by Gasteiger charge is -2.05. The summed E-state index contributed by atoms with van der Waals surface area (Å²) in [5, 5.41) is 2.75. The molecule has 88 valence electrons. The van der Waals surface area contributed by atoms with E-state index < -0.39 is 11.6 Å². The van der Waals surface area contributed by atoms with E-state index in [1.807, 2.05) is 6.92 Å². The molecule has 1 amide bonds. The standard InChI is InChI=1S/C10H9ClN4O2/c1-5-2-6(8(11)12-3-5)14-9(16)7-4-13-10(17)15-7/h2-4H,1H3,(H,14,16)(H2,13,15,17). The van der Waals surface area contributed by atoms with Crippen LogP contribution in [0.5, 0.6) is 0 Å². The Kier molecular flexibility index (Phi) is 2.97. The Morgan fingerprint density at radius 3 is 2.94 bits per heavy atom. The van der Waals surface area contributed by atoms with E-state index in [4.69, 9.17) is 11.6 Å². The van der Waals surface area contributed by atoms with E-state index in [1.165, 1.54) is 6.20 Å². The topological polar surface area (TPSA) is 90.6 Å². The second-order valence-corrected chi connectivity index (χ2v) is 3.82. The van der Waals surface area contributed by atoms with Crippen LogP contribution >= 0.6 is 11.6 Å². The summed E-state index contributed by atoms with van der Waals surface area (Å²) in [4.78, 5) is 31.1. The van der Waals surface area contributed by atoms with Gasteiger partial charge >= 0.3 is 5.69 Å². The molecule has 0 atom stereocenters. The van der Waals surface area contributed by atoms with E-state index >= 15 is 0 Å². The van der Waals surface area contributed by atoms with Crippen molar-refractivity contribution in [2.45, 2.75) is 6.92 Å². The Morgan fingerprint density at radius 2 is 2.29 bits per heavy atom. The van der Waals surface area contributed by atoms with Gasteiger partial charge in [0, 0.05) is 12.4 Å². The van der Waals surface area contributed by atoms with Gasteiger partial charge in [0.2, 0.25) is 0 Å². The van der Waals surface area contributed by atoms with Gasteiger partial charge in [0.05, 0.1) is 5.69 Å². The molecule has 2 aromatic heterocycles. The number of imidazole rings is 1. The zero-order chi connectivity index (χ0) is 12.4. The molecule has 0 aliphatic carbocycles. The van der Waals surface area contributed by atoms with Gasteiger partial charge in [-0.15, -0.1) is 0 Å². The minimum atomic E-state index is -0.461. The third-order valence-electron chi connectivity index (χ3n) is 2.06. The Morgan fingerprint density at radius 1 is 1.53 bits per heavy atom. The predicted octanol–water partition coefficient (Wildman–Crippen LogP) is 1.31. The largest absolute Gasteiger partial charge is 0.323 e. The molecule has 0 spiro atoms. The predicted molar refractivity (Wildman–Crippen MR) is 63.4 cm³/mol. The van der Waals surface area contributed by atoms with Crippen molar-refractivity contribution >= 4 is 23.2 Å². The van der Waals surface area contributed by atoms with Gasteiger partial charge in [-0.3, -0.25) is 4.79 Å². The number of hydrogen-bond donors (Lipinski definition) is 3. The molecule has 2 rings (SSSR count). The molecule has 0 saturated heterocycles. The number of pyridine rings is 1. The van der Waals surface area contributed by atoms with Gasteiger partial charge in [-0.1, -0.05) is 11.6 Å². The number of nitrogens with zero attached hydrogens (tertiary/aromatic N) is 1. The van der Waals surface area contributed by atoms with Crippen LogP contribution in [-0.2, 0) is 0 Å². The van der Waals surface area contributed by atoms with Crippen LogP contribution in [0.1, 0.15) is 16.1 Å². The van der Waals surface area contributed by atoms with Gasteiger partial charge < -0.3 is 15.3 Å². The number of aromatic nitrogens is 3. The van der Waals surface area contributed by atoms with Gasteiger partial charge in [0.25, 0.3) is 5.91 Å². The average Bonchev–Trinajstić information content (AvgIpc) is 2.70. The van der Waals surface area contributed by atoms with E-state index in [2.05, 4.69) is 20.3 Å². The zero-order valence-electron chi connectivity index (χ0n) is 8.87.